The van der Waals surface area contributed by atoms with Crippen LogP contribution in [-0.4, -0.2) is 49.1 Å². The summed E-state index contributed by atoms with van der Waals surface area (Å²) in [7, 11) is 1.54. The average Bonchev–Trinajstić information content (AvgIpc) is 3.70. The van der Waals surface area contributed by atoms with Crippen LogP contribution in [-0.2, 0) is 32.1 Å². The molecule has 1 aliphatic heterocycles. The Kier molecular flexibility index (Phi) is 9.55. The Balaban J connectivity index is 1.28. The van der Waals surface area contributed by atoms with Gasteiger partial charge in [-0.2, -0.15) is 0 Å². The highest BCUT2D eigenvalue weighted by molar-refractivity contribution is 5.91. The van der Waals surface area contributed by atoms with E-state index in [1.807, 2.05) is 49.4 Å². The van der Waals surface area contributed by atoms with E-state index in [4.69, 9.17) is 23.4 Å². The molecule has 0 bridgehead atoms. The minimum absolute atomic E-state index is 0.227. The van der Waals surface area contributed by atoms with E-state index < -0.39 is 17.7 Å². The van der Waals surface area contributed by atoms with Crippen LogP contribution in [0.5, 0.6) is 0 Å². The third kappa shape index (κ3) is 8.34. The molecule has 11 nitrogen and oxygen atoms in total. The molecule has 11 heteroatoms. The second-order valence-electron chi connectivity index (χ2n) is 10.2. The van der Waals surface area contributed by atoms with E-state index in [0.29, 0.717) is 54.7 Å². The largest absolute Gasteiger partial charge is 0.496 e. The van der Waals surface area contributed by atoms with Crippen LogP contribution < -0.4 is 16.0 Å². The van der Waals surface area contributed by atoms with Gasteiger partial charge in [0.25, 0.3) is 0 Å². The van der Waals surface area contributed by atoms with Crippen LogP contribution in [0.2, 0.25) is 0 Å². The fourth-order valence-corrected chi connectivity index (χ4v) is 4.67. The number of aromatic nitrogens is 1. The molecule has 0 spiro atoms. The highest BCUT2D eigenvalue weighted by Gasteiger charge is 2.28. The van der Waals surface area contributed by atoms with Crippen molar-refractivity contribution in [1.29, 1.82) is 0 Å². The molecule has 3 N–H and O–H groups in total. The van der Waals surface area contributed by atoms with Crippen molar-refractivity contribution in [3.63, 3.8) is 0 Å². The Bertz CT molecular complexity index is 1490. The van der Waals surface area contributed by atoms with Crippen LogP contribution in [0.1, 0.15) is 30.2 Å². The fourth-order valence-electron chi connectivity index (χ4n) is 4.67. The molecular weight excluding hydrogens is 552 g/mol. The lowest BCUT2D eigenvalue weighted by molar-refractivity contribution is 0.0282. The number of benzene rings is 2. The maximum absolute atomic E-state index is 13.1. The number of alkyl carbamates (subject to hydrolysis) is 1. The minimum atomic E-state index is -0.956. The Hall–Kier alpha value is -4.87. The number of carbonyl (C=O) groups is 2. The van der Waals surface area contributed by atoms with Gasteiger partial charge in [-0.3, -0.25) is 0 Å². The molecular formula is C32H34N4O7. The van der Waals surface area contributed by atoms with Crippen LogP contribution in [0.25, 0.3) is 5.57 Å². The van der Waals surface area contributed by atoms with Crippen LogP contribution >= 0.6 is 0 Å². The molecule has 2 heterocycles. The van der Waals surface area contributed by atoms with Crippen molar-refractivity contribution in [3.05, 3.63) is 114 Å². The van der Waals surface area contributed by atoms with Gasteiger partial charge in [0, 0.05) is 30.4 Å². The molecule has 1 saturated heterocycles. The zero-order valence-electron chi connectivity index (χ0n) is 24.0. The number of ether oxygens (including phenoxy) is 4. The number of rotatable bonds is 10. The third-order valence-electron chi connectivity index (χ3n) is 6.78. The number of hydrogen-bond acceptors (Lipinski definition) is 8. The first-order valence-corrected chi connectivity index (χ1v) is 13.9. The summed E-state index contributed by atoms with van der Waals surface area (Å²) < 4.78 is 28.2. The lowest BCUT2D eigenvalue weighted by atomic mass is 10.0. The first-order valence-electron chi connectivity index (χ1n) is 13.9. The number of nitrogens with zero attached hydrogens (tertiary/aromatic N) is 1. The van der Waals surface area contributed by atoms with Crippen molar-refractivity contribution in [3.8, 4) is 0 Å². The average molecular weight is 587 g/mol. The van der Waals surface area contributed by atoms with Gasteiger partial charge < -0.3 is 39.3 Å². The van der Waals surface area contributed by atoms with Crippen LogP contribution in [0.4, 0.5) is 15.3 Å². The van der Waals surface area contributed by atoms with E-state index in [9.17, 15) is 9.59 Å². The van der Waals surface area contributed by atoms with Crippen molar-refractivity contribution in [2.75, 3.05) is 25.6 Å². The first kappa shape index (κ1) is 29.6. The van der Waals surface area contributed by atoms with E-state index in [-0.39, 0.29) is 12.6 Å². The number of urea groups is 1. The van der Waals surface area contributed by atoms with E-state index in [1.165, 1.54) is 13.5 Å². The highest BCUT2D eigenvalue weighted by atomic mass is 16.6. The summed E-state index contributed by atoms with van der Waals surface area (Å²) in [5, 5.41) is 8.47. The van der Waals surface area contributed by atoms with Gasteiger partial charge in [0.2, 0.25) is 0 Å². The van der Waals surface area contributed by atoms with Crippen molar-refractivity contribution in [2.24, 2.45) is 0 Å². The van der Waals surface area contributed by atoms with Gasteiger partial charge >= 0.3 is 12.1 Å². The van der Waals surface area contributed by atoms with Crippen molar-refractivity contribution in [2.45, 2.75) is 38.2 Å². The lowest BCUT2D eigenvalue weighted by Gasteiger charge is -2.24. The van der Waals surface area contributed by atoms with Gasteiger partial charge in [-0.15, -0.1) is 0 Å². The molecule has 2 aromatic carbocycles. The second-order valence-corrected chi connectivity index (χ2v) is 10.2. The summed E-state index contributed by atoms with van der Waals surface area (Å²) in [6, 6.07) is 16.5. The van der Waals surface area contributed by atoms with E-state index >= 15 is 0 Å². The van der Waals surface area contributed by atoms with E-state index in [0.717, 1.165) is 11.1 Å². The van der Waals surface area contributed by atoms with Gasteiger partial charge in [0.05, 0.1) is 38.7 Å². The minimum Gasteiger partial charge on any atom is -0.496 e. The predicted molar refractivity (Wildman–Crippen MR) is 158 cm³/mol. The van der Waals surface area contributed by atoms with Gasteiger partial charge in [-0.05, 0) is 42.3 Å². The maximum atomic E-state index is 13.1. The number of allylic oxidation sites excluding steroid dienone is 2. The van der Waals surface area contributed by atoms with Gasteiger partial charge in [-0.25, -0.2) is 14.6 Å². The molecule has 224 valence electrons. The Morgan fingerprint density at radius 3 is 2.65 bits per heavy atom. The molecule has 1 aromatic heterocycles. The zero-order valence-corrected chi connectivity index (χ0v) is 24.0. The second kappa shape index (κ2) is 13.9. The number of amides is 3. The molecule has 3 amide bonds. The topological polar surface area (TPSA) is 133 Å². The van der Waals surface area contributed by atoms with Crippen molar-refractivity contribution >= 4 is 23.4 Å². The summed E-state index contributed by atoms with van der Waals surface area (Å²) in [4.78, 5) is 29.3. The number of nitrogens with one attached hydrogen (secondary N) is 3. The predicted octanol–water partition coefficient (Wildman–Crippen LogP) is 5.30. The zero-order chi connectivity index (χ0) is 30.1. The number of hydrogen-bond donors (Lipinski definition) is 3. The molecule has 2 atom stereocenters. The smallest absolute Gasteiger partial charge is 0.407 e. The van der Waals surface area contributed by atoms with Gasteiger partial charge in [-0.1, -0.05) is 42.5 Å². The molecule has 43 heavy (non-hydrogen) atoms. The molecule has 2 unspecified atom stereocenters. The van der Waals surface area contributed by atoms with Crippen LogP contribution in [0.15, 0.2) is 101 Å². The number of anilines is 1. The number of carbonyl (C=O) groups excluding carboxylic acids is 2. The van der Waals surface area contributed by atoms with Crippen molar-refractivity contribution < 1.29 is 33.0 Å². The normalized spacial score (nSPS) is 19.8. The highest BCUT2D eigenvalue weighted by Crippen LogP contribution is 2.33. The summed E-state index contributed by atoms with van der Waals surface area (Å²) in [5.74, 6) is 0.951. The monoisotopic (exact) mass is 586 g/mol. The summed E-state index contributed by atoms with van der Waals surface area (Å²) >= 11 is 0. The molecule has 1 aliphatic carbocycles. The standard InChI is InChI=1S/C32H34N4O7/c1-32(42-19-22-7-4-3-5-8-22)15-25(14-28(39-2)27(16-32)29-18-33-21-41-29)36-30(37)35-24-10-6-9-23(13-24)17-34-31(38)43-26-11-12-40-20-26/h3-10,13-16,18,21,26H,11-12,17,19-20H2,1-2H3,(H,34,38)(H2,35,36,37). The number of methoxy groups -OCH3 is 1. The molecule has 0 saturated carbocycles. The molecule has 2 aliphatic rings. The third-order valence-corrected chi connectivity index (χ3v) is 6.78. The quantitative estimate of drug-likeness (QED) is 0.292. The SMILES string of the molecule is COC1=CC(NC(=O)Nc2cccc(CNC(=O)OC3CCOC3)c2)=CC(C)(OCc2ccccc2)C=C1c1cnco1. The molecule has 1 fully saturated rings. The van der Waals surface area contributed by atoms with Crippen molar-refractivity contribution in [1.82, 2.24) is 15.6 Å². The van der Waals surface area contributed by atoms with Crippen LogP contribution in [0.3, 0.4) is 0 Å². The molecule has 5 rings (SSSR count). The summed E-state index contributed by atoms with van der Waals surface area (Å²) in [6.07, 6.45) is 8.26. The molecule has 3 aromatic rings. The first-order chi connectivity index (χ1) is 20.9. The maximum Gasteiger partial charge on any atom is 0.407 e. The van der Waals surface area contributed by atoms with Crippen LogP contribution in [0, 0.1) is 0 Å². The van der Waals surface area contributed by atoms with Gasteiger partial charge in [0.15, 0.2) is 12.2 Å². The van der Waals surface area contributed by atoms with E-state index in [2.05, 4.69) is 20.9 Å². The molecule has 0 radical (unpaired) electrons. The Morgan fingerprint density at radius 1 is 1.07 bits per heavy atom. The number of oxazole rings is 1. The Morgan fingerprint density at radius 2 is 1.91 bits per heavy atom. The Labute approximate surface area is 249 Å². The summed E-state index contributed by atoms with van der Waals surface area (Å²) in [5.41, 5.74) is 2.45. The van der Waals surface area contributed by atoms with Gasteiger partial charge in [0.1, 0.15) is 17.5 Å². The summed E-state index contributed by atoms with van der Waals surface area (Å²) in [6.45, 7) is 3.46. The fraction of sp³-hybridized carbons (Fsp3) is 0.281. The lowest BCUT2D eigenvalue weighted by Crippen LogP contribution is -2.31. The van der Waals surface area contributed by atoms with E-state index in [1.54, 1.807) is 36.5 Å².